The molecule has 2 rings (SSSR count). The SMILES string of the molecule is Cl.N#Cc1cc(C(O)CNC2CCC2)cc(Br)c1N. The Kier molecular flexibility index (Phi) is 6.08. The molecule has 0 spiro atoms. The van der Waals surface area contributed by atoms with Gasteiger partial charge >= 0.3 is 0 Å². The summed E-state index contributed by atoms with van der Waals surface area (Å²) in [5.74, 6) is 0. The summed E-state index contributed by atoms with van der Waals surface area (Å²) in [6, 6.07) is 5.98. The van der Waals surface area contributed by atoms with E-state index in [0.717, 1.165) is 0 Å². The van der Waals surface area contributed by atoms with Gasteiger partial charge in [0.1, 0.15) is 6.07 Å². The Morgan fingerprint density at radius 3 is 2.74 bits per heavy atom. The fourth-order valence-corrected chi connectivity index (χ4v) is 2.41. The molecule has 0 radical (unpaired) electrons. The number of nitrogens with two attached hydrogens (primary N) is 1. The number of anilines is 1. The van der Waals surface area contributed by atoms with E-state index in [2.05, 4.69) is 21.2 Å². The standard InChI is InChI=1S/C13H16BrN3O.ClH/c14-11-5-8(4-9(6-15)13(11)16)12(18)7-17-10-2-1-3-10;/h4-5,10,12,17-18H,1-3,7,16H2;1H. The predicted molar refractivity (Wildman–Crippen MR) is 81.1 cm³/mol. The van der Waals surface area contributed by atoms with Crippen molar-refractivity contribution >= 4 is 34.0 Å². The highest BCUT2D eigenvalue weighted by Crippen LogP contribution is 2.28. The third-order valence-corrected chi connectivity index (χ3v) is 4.02. The molecule has 6 heteroatoms. The smallest absolute Gasteiger partial charge is 0.101 e. The van der Waals surface area contributed by atoms with Crippen LogP contribution in [0.2, 0.25) is 0 Å². The highest BCUT2D eigenvalue weighted by molar-refractivity contribution is 9.10. The van der Waals surface area contributed by atoms with Crippen LogP contribution in [0.15, 0.2) is 16.6 Å². The van der Waals surface area contributed by atoms with E-state index in [0.29, 0.717) is 33.9 Å². The van der Waals surface area contributed by atoms with Crippen molar-refractivity contribution in [2.75, 3.05) is 12.3 Å². The molecule has 0 amide bonds. The third kappa shape index (κ3) is 3.83. The summed E-state index contributed by atoms with van der Waals surface area (Å²) >= 11 is 3.30. The number of halogens is 2. The molecule has 1 aliphatic rings. The van der Waals surface area contributed by atoms with Crippen molar-refractivity contribution in [2.45, 2.75) is 31.4 Å². The third-order valence-electron chi connectivity index (χ3n) is 3.36. The summed E-state index contributed by atoms with van der Waals surface area (Å²) in [7, 11) is 0. The van der Waals surface area contributed by atoms with E-state index in [9.17, 15) is 5.11 Å². The Balaban J connectivity index is 0.00000180. The van der Waals surface area contributed by atoms with Crippen LogP contribution in [0.4, 0.5) is 5.69 Å². The van der Waals surface area contributed by atoms with E-state index in [1.807, 2.05) is 6.07 Å². The largest absolute Gasteiger partial charge is 0.397 e. The molecule has 104 valence electrons. The molecule has 0 bridgehead atoms. The lowest BCUT2D eigenvalue weighted by molar-refractivity contribution is 0.161. The molecule has 0 heterocycles. The molecule has 1 fully saturated rings. The summed E-state index contributed by atoms with van der Waals surface area (Å²) in [6.45, 7) is 0.506. The van der Waals surface area contributed by atoms with Gasteiger partial charge in [-0.1, -0.05) is 6.42 Å². The molecule has 1 saturated carbocycles. The molecule has 19 heavy (non-hydrogen) atoms. The molecule has 1 aliphatic carbocycles. The van der Waals surface area contributed by atoms with Crippen molar-refractivity contribution in [3.05, 3.63) is 27.7 Å². The second-order valence-corrected chi connectivity index (χ2v) is 5.48. The molecule has 0 aromatic heterocycles. The highest BCUT2D eigenvalue weighted by Gasteiger charge is 2.19. The van der Waals surface area contributed by atoms with Crippen LogP contribution in [-0.4, -0.2) is 17.7 Å². The quantitative estimate of drug-likeness (QED) is 0.732. The van der Waals surface area contributed by atoms with Gasteiger partial charge in [0.25, 0.3) is 0 Å². The summed E-state index contributed by atoms with van der Waals surface area (Å²) in [5, 5.41) is 22.4. The summed E-state index contributed by atoms with van der Waals surface area (Å²) < 4.78 is 0.652. The minimum Gasteiger partial charge on any atom is -0.397 e. The summed E-state index contributed by atoms with van der Waals surface area (Å²) in [6.07, 6.45) is 3.01. The van der Waals surface area contributed by atoms with Gasteiger partial charge in [-0.2, -0.15) is 5.26 Å². The van der Waals surface area contributed by atoms with E-state index in [-0.39, 0.29) is 12.4 Å². The lowest BCUT2D eigenvalue weighted by Gasteiger charge is -2.27. The molecular weight excluding hydrogens is 330 g/mol. The van der Waals surface area contributed by atoms with E-state index in [1.54, 1.807) is 12.1 Å². The average Bonchev–Trinajstić information content (AvgIpc) is 2.30. The minimum absolute atomic E-state index is 0. The zero-order valence-electron chi connectivity index (χ0n) is 10.4. The number of hydrogen-bond acceptors (Lipinski definition) is 4. The second kappa shape index (κ2) is 7.11. The van der Waals surface area contributed by atoms with Crippen molar-refractivity contribution in [2.24, 2.45) is 0 Å². The first kappa shape index (κ1) is 16.3. The van der Waals surface area contributed by atoms with E-state index >= 15 is 0 Å². The topological polar surface area (TPSA) is 82.1 Å². The maximum absolute atomic E-state index is 10.1. The van der Waals surface area contributed by atoms with Gasteiger partial charge < -0.3 is 16.2 Å². The van der Waals surface area contributed by atoms with Crippen molar-refractivity contribution in [3.63, 3.8) is 0 Å². The van der Waals surface area contributed by atoms with Gasteiger partial charge in [0.15, 0.2) is 0 Å². The number of aliphatic hydroxyl groups excluding tert-OH is 1. The van der Waals surface area contributed by atoms with Gasteiger partial charge in [-0.05, 0) is 46.5 Å². The van der Waals surface area contributed by atoms with Gasteiger partial charge in [0, 0.05) is 17.1 Å². The summed E-state index contributed by atoms with van der Waals surface area (Å²) in [4.78, 5) is 0. The van der Waals surface area contributed by atoms with Crippen LogP contribution in [0.25, 0.3) is 0 Å². The molecule has 4 N–H and O–H groups in total. The number of nitrogens with zero attached hydrogens (tertiary/aromatic N) is 1. The molecule has 0 aliphatic heterocycles. The molecule has 1 aromatic rings. The van der Waals surface area contributed by atoms with Gasteiger partial charge in [0.05, 0.1) is 17.4 Å². The maximum Gasteiger partial charge on any atom is 0.101 e. The zero-order valence-corrected chi connectivity index (χ0v) is 12.8. The normalized spacial score (nSPS) is 16.1. The van der Waals surface area contributed by atoms with Gasteiger partial charge in [-0.15, -0.1) is 12.4 Å². The number of nitrogens with one attached hydrogen (secondary N) is 1. The Morgan fingerprint density at radius 1 is 1.53 bits per heavy atom. The van der Waals surface area contributed by atoms with E-state index in [4.69, 9.17) is 11.0 Å². The van der Waals surface area contributed by atoms with Crippen LogP contribution in [0.5, 0.6) is 0 Å². The second-order valence-electron chi connectivity index (χ2n) is 4.63. The van der Waals surface area contributed by atoms with Crippen molar-refractivity contribution < 1.29 is 5.11 Å². The molecule has 4 nitrogen and oxygen atoms in total. The average molecular weight is 347 g/mol. The summed E-state index contributed by atoms with van der Waals surface area (Å²) in [5.41, 5.74) is 7.26. The highest BCUT2D eigenvalue weighted by atomic mass is 79.9. The Hall–Kier alpha value is -0.800. The van der Waals surface area contributed by atoms with Gasteiger partial charge in [0.2, 0.25) is 0 Å². The number of benzene rings is 1. The van der Waals surface area contributed by atoms with Crippen molar-refractivity contribution in [1.82, 2.24) is 5.32 Å². The lowest BCUT2D eigenvalue weighted by Crippen LogP contribution is -2.37. The van der Waals surface area contributed by atoms with Gasteiger partial charge in [-0.25, -0.2) is 0 Å². The van der Waals surface area contributed by atoms with E-state index < -0.39 is 6.10 Å². The monoisotopic (exact) mass is 345 g/mol. The molecule has 1 atom stereocenters. The Bertz CT molecular complexity index is 486. The number of rotatable bonds is 4. The molecule has 1 unspecified atom stereocenters. The lowest BCUT2D eigenvalue weighted by atomic mass is 9.93. The van der Waals surface area contributed by atoms with Crippen LogP contribution in [0, 0.1) is 11.3 Å². The maximum atomic E-state index is 10.1. The minimum atomic E-state index is -0.616. The molecule has 0 saturated heterocycles. The first-order chi connectivity index (χ1) is 8.61. The molecule has 1 aromatic carbocycles. The van der Waals surface area contributed by atoms with Gasteiger partial charge in [-0.3, -0.25) is 0 Å². The first-order valence-electron chi connectivity index (χ1n) is 6.02. The zero-order chi connectivity index (χ0) is 13.1. The Labute approximate surface area is 127 Å². The van der Waals surface area contributed by atoms with Crippen LogP contribution in [0.3, 0.4) is 0 Å². The number of nitrogen functional groups attached to an aromatic ring is 1. The van der Waals surface area contributed by atoms with Crippen LogP contribution >= 0.6 is 28.3 Å². The number of nitriles is 1. The molecular formula is C13H17BrClN3O. The van der Waals surface area contributed by atoms with Crippen molar-refractivity contribution in [1.29, 1.82) is 5.26 Å². The number of aliphatic hydroxyl groups is 1. The fourth-order valence-electron chi connectivity index (χ4n) is 1.93. The van der Waals surface area contributed by atoms with Crippen LogP contribution in [0.1, 0.15) is 36.5 Å². The number of hydrogen-bond donors (Lipinski definition) is 3. The first-order valence-corrected chi connectivity index (χ1v) is 6.81. The predicted octanol–water partition coefficient (Wildman–Crippen LogP) is 2.50. The Morgan fingerprint density at radius 2 is 2.21 bits per heavy atom. The fraction of sp³-hybridized carbons (Fsp3) is 0.462. The van der Waals surface area contributed by atoms with Crippen LogP contribution in [-0.2, 0) is 0 Å². The van der Waals surface area contributed by atoms with E-state index in [1.165, 1.54) is 19.3 Å². The van der Waals surface area contributed by atoms with Crippen molar-refractivity contribution in [3.8, 4) is 6.07 Å². The van der Waals surface area contributed by atoms with Crippen LogP contribution < -0.4 is 11.1 Å².